The van der Waals surface area contributed by atoms with Crippen molar-refractivity contribution in [2.75, 3.05) is 6.54 Å². The largest absolute Gasteiger partial charge is 0.353 e. The highest BCUT2D eigenvalue weighted by atomic mass is 16.2. The summed E-state index contributed by atoms with van der Waals surface area (Å²) in [6, 6.07) is 1.52. The molecular weight excluding hydrogens is 300 g/mol. The Morgan fingerprint density at radius 2 is 1.79 bits per heavy atom. The lowest BCUT2D eigenvalue weighted by Gasteiger charge is -2.49. The lowest BCUT2D eigenvalue weighted by atomic mass is 9.77. The van der Waals surface area contributed by atoms with Gasteiger partial charge in [-0.05, 0) is 57.3 Å². The molecule has 24 heavy (non-hydrogen) atoms. The molecule has 2 saturated carbocycles. The van der Waals surface area contributed by atoms with Crippen LogP contribution in [0, 0.1) is 17.8 Å². The molecule has 5 unspecified atom stereocenters. The molecule has 5 heteroatoms. The van der Waals surface area contributed by atoms with E-state index in [4.69, 9.17) is 0 Å². The summed E-state index contributed by atoms with van der Waals surface area (Å²) in [6.45, 7) is 5.42. The van der Waals surface area contributed by atoms with E-state index in [1.54, 1.807) is 0 Å². The fourth-order valence-electron chi connectivity index (χ4n) is 5.54. The molecule has 0 aromatic carbocycles. The van der Waals surface area contributed by atoms with Crippen LogP contribution in [-0.2, 0) is 4.79 Å². The molecule has 1 amide bonds. The molecular formula is C19H34N4O. The molecule has 4 rings (SSSR count). The number of rotatable bonds is 2. The second-order valence-electron chi connectivity index (χ2n) is 8.76. The molecule has 0 aromatic heterocycles. The molecule has 136 valence electrons. The normalized spacial score (nSPS) is 46.2. The van der Waals surface area contributed by atoms with Crippen molar-refractivity contribution in [2.45, 2.75) is 89.5 Å². The molecule has 0 bridgehead atoms. The lowest BCUT2D eigenvalue weighted by molar-refractivity contribution is -0.128. The Kier molecular flexibility index (Phi) is 4.85. The molecule has 3 N–H and O–H groups in total. The molecule has 2 heterocycles. The molecule has 5 atom stereocenters. The van der Waals surface area contributed by atoms with Crippen LogP contribution < -0.4 is 16.1 Å². The highest BCUT2D eigenvalue weighted by Crippen LogP contribution is 2.37. The van der Waals surface area contributed by atoms with Crippen LogP contribution in [0.1, 0.15) is 65.2 Å². The Morgan fingerprint density at radius 1 is 1.04 bits per heavy atom. The molecule has 0 spiro atoms. The van der Waals surface area contributed by atoms with E-state index in [1.165, 1.54) is 38.5 Å². The number of hydrogen-bond acceptors (Lipinski definition) is 4. The average molecular weight is 335 g/mol. The molecule has 2 saturated heterocycles. The van der Waals surface area contributed by atoms with Crippen LogP contribution in [-0.4, -0.2) is 41.8 Å². The fraction of sp³-hybridized carbons (Fsp3) is 0.947. The summed E-state index contributed by atoms with van der Waals surface area (Å²) >= 11 is 0. The Bertz CT molecular complexity index is 462. The van der Waals surface area contributed by atoms with Gasteiger partial charge in [0.15, 0.2) is 0 Å². The Hall–Kier alpha value is -0.650. The van der Waals surface area contributed by atoms with Crippen LogP contribution in [0.15, 0.2) is 0 Å². The number of fused-ring (bicyclic) bond motifs is 3. The highest BCUT2D eigenvalue weighted by Gasteiger charge is 2.49. The Morgan fingerprint density at radius 3 is 2.58 bits per heavy atom. The average Bonchev–Trinajstić information content (AvgIpc) is 3.01. The van der Waals surface area contributed by atoms with Crippen molar-refractivity contribution in [3.8, 4) is 0 Å². The number of hydrazine groups is 1. The summed E-state index contributed by atoms with van der Waals surface area (Å²) < 4.78 is 0. The highest BCUT2D eigenvalue weighted by molar-refractivity contribution is 5.80. The minimum absolute atomic E-state index is 0.0367. The van der Waals surface area contributed by atoms with E-state index in [-0.39, 0.29) is 18.0 Å². The standard InChI is InChI=1S/C19H34N4O/c1-12-7-9-14(10-8-12)22-19(24)16-11-20-23-17-6-4-3-5-15(17)13(2)21-18(16)23/h12-18,20-21H,3-11H2,1-2H3,(H,22,24). The van der Waals surface area contributed by atoms with Gasteiger partial charge in [0.1, 0.15) is 0 Å². The van der Waals surface area contributed by atoms with Crippen molar-refractivity contribution < 1.29 is 4.79 Å². The summed E-state index contributed by atoms with van der Waals surface area (Å²) in [7, 11) is 0. The summed E-state index contributed by atoms with van der Waals surface area (Å²) in [5, 5.41) is 9.51. The molecule has 5 nitrogen and oxygen atoms in total. The molecule has 2 aliphatic carbocycles. The monoisotopic (exact) mass is 334 g/mol. The van der Waals surface area contributed by atoms with Crippen LogP contribution in [0.2, 0.25) is 0 Å². The first-order chi connectivity index (χ1) is 11.6. The molecule has 0 radical (unpaired) electrons. The van der Waals surface area contributed by atoms with Crippen molar-refractivity contribution in [2.24, 2.45) is 17.8 Å². The quantitative estimate of drug-likeness (QED) is 0.723. The SMILES string of the molecule is CC1CCC(NC(=O)C2CNN3C4CCCCC4C(C)NC23)CC1. The predicted molar refractivity (Wildman–Crippen MR) is 95.0 cm³/mol. The molecule has 4 fully saturated rings. The maximum Gasteiger partial charge on any atom is 0.227 e. The van der Waals surface area contributed by atoms with E-state index >= 15 is 0 Å². The second kappa shape index (κ2) is 6.93. The maximum atomic E-state index is 12.9. The van der Waals surface area contributed by atoms with E-state index in [2.05, 4.69) is 34.9 Å². The summed E-state index contributed by atoms with van der Waals surface area (Å²) in [5.41, 5.74) is 3.56. The Labute approximate surface area is 146 Å². The van der Waals surface area contributed by atoms with E-state index in [1.807, 2.05) is 0 Å². The number of nitrogens with one attached hydrogen (secondary N) is 3. The summed E-state index contributed by atoms with van der Waals surface area (Å²) in [5.74, 6) is 1.84. The lowest BCUT2D eigenvalue weighted by Crippen LogP contribution is -2.66. The molecule has 2 aliphatic heterocycles. The van der Waals surface area contributed by atoms with Gasteiger partial charge >= 0.3 is 0 Å². The minimum atomic E-state index is 0.0367. The predicted octanol–water partition coefficient (Wildman–Crippen LogP) is 1.99. The number of carbonyl (C=O) groups is 1. The topological polar surface area (TPSA) is 56.4 Å². The van der Waals surface area contributed by atoms with Crippen molar-refractivity contribution in [3.63, 3.8) is 0 Å². The zero-order valence-corrected chi connectivity index (χ0v) is 15.3. The van der Waals surface area contributed by atoms with Crippen LogP contribution >= 0.6 is 0 Å². The third kappa shape index (κ3) is 3.11. The van der Waals surface area contributed by atoms with Crippen LogP contribution in [0.4, 0.5) is 0 Å². The van der Waals surface area contributed by atoms with Gasteiger partial charge in [0, 0.05) is 24.7 Å². The second-order valence-corrected chi connectivity index (χ2v) is 8.76. The fourth-order valence-corrected chi connectivity index (χ4v) is 5.54. The van der Waals surface area contributed by atoms with E-state index in [9.17, 15) is 4.79 Å². The van der Waals surface area contributed by atoms with Gasteiger partial charge in [-0.3, -0.25) is 15.5 Å². The van der Waals surface area contributed by atoms with Gasteiger partial charge in [0.25, 0.3) is 0 Å². The van der Waals surface area contributed by atoms with Crippen molar-refractivity contribution >= 4 is 5.91 Å². The van der Waals surface area contributed by atoms with E-state index in [0.29, 0.717) is 18.1 Å². The van der Waals surface area contributed by atoms with Crippen molar-refractivity contribution in [3.05, 3.63) is 0 Å². The third-order valence-corrected chi connectivity index (χ3v) is 7.09. The number of carbonyl (C=O) groups excluding carboxylic acids is 1. The van der Waals surface area contributed by atoms with E-state index < -0.39 is 0 Å². The van der Waals surface area contributed by atoms with Crippen LogP contribution in [0.25, 0.3) is 0 Å². The van der Waals surface area contributed by atoms with Gasteiger partial charge < -0.3 is 5.32 Å². The first-order valence-electron chi connectivity index (χ1n) is 10.2. The Balaban J connectivity index is 1.39. The van der Waals surface area contributed by atoms with Gasteiger partial charge in [-0.2, -0.15) is 0 Å². The number of nitrogens with zero attached hydrogens (tertiary/aromatic N) is 1. The van der Waals surface area contributed by atoms with Crippen molar-refractivity contribution in [1.29, 1.82) is 0 Å². The van der Waals surface area contributed by atoms with Crippen molar-refractivity contribution in [1.82, 2.24) is 21.1 Å². The maximum absolute atomic E-state index is 12.9. The van der Waals surface area contributed by atoms with Gasteiger partial charge in [-0.15, -0.1) is 0 Å². The van der Waals surface area contributed by atoms with Gasteiger partial charge in [0.2, 0.25) is 5.91 Å². The number of amides is 1. The molecule has 4 aliphatic rings. The van der Waals surface area contributed by atoms with Crippen LogP contribution in [0.5, 0.6) is 0 Å². The smallest absolute Gasteiger partial charge is 0.227 e. The van der Waals surface area contributed by atoms with Gasteiger partial charge in [0.05, 0.1) is 12.1 Å². The first-order valence-corrected chi connectivity index (χ1v) is 10.2. The minimum Gasteiger partial charge on any atom is -0.353 e. The van der Waals surface area contributed by atoms with Gasteiger partial charge in [-0.25, -0.2) is 5.01 Å². The third-order valence-electron chi connectivity index (χ3n) is 7.09. The summed E-state index contributed by atoms with van der Waals surface area (Å²) in [4.78, 5) is 12.9. The molecule has 0 aromatic rings. The van der Waals surface area contributed by atoms with Gasteiger partial charge in [-0.1, -0.05) is 19.8 Å². The van der Waals surface area contributed by atoms with Crippen LogP contribution in [0.3, 0.4) is 0 Å². The zero-order chi connectivity index (χ0) is 16.7. The summed E-state index contributed by atoms with van der Waals surface area (Å²) in [6.07, 6.45) is 10.3. The van der Waals surface area contributed by atoms with E-state index in [0.717, 1.165) is 31.2 Å². The zero-order valence-electron chi connectivity index (χ0n) is 15.3. The first kappa shape index (κ1) is 16.8. The number of hydrogen-bond donors (Lipinski definition) is 3.